The smallest absolute Gasteiger partial charge is 0.0287 e. The van der Waals surface area contributed by atoms with Crippen LogP contribution >= 0.6 is 0 Å². The van der Waals surface area contributed by atoms with Crippen LogP contribution in [0.4, 0.5) is 0 Å². The van der Waals surface area contributed by atoms with E-state index in [1.54, 1.807) is 0 Å². The van der Waals surface area contributed by atoms with Gasteiger partial charge in [-0.3, -0.25) is 0 Å². The van der Waals surface area contributed by atoms with Crippen molar-refractivity contribution in [3.05, 3.63) is 24.0 Å². The van der Waals surface area contributed by atoms with Crippen molar-refractivity contribution in [2.45, 2.75) is 13.3 Å². The highest BCUT2D eigenvalue weighted by atomic mass is 15.0. The van der Waals surface area contributed by atoms with Crippen LogP contribution in [0.25, 0.3) is 0 Å². The molecule has 10 heavy (non-hydrogen) atoms. The van der Waals surface area contributed by atoms with Crippen LogP contribution < -0.4 is 5.73 Å². The van der Waals surface area contributed by atoms with E-state index >= 15 is 0 Å². The molecule has 0 saturated heterocycles. The normalized spacial score (nSPS) is 12.5. The van der Waals surface area contributed by atoms with E-state index < -0.39 is 0 Å². The molecule has 0 spiro atoms. The van der Waals surface area contributed by atoms with Gasteiger partial charge in [0.25, 0.3) is 0 Å². The lowest BCUT2D eigenvalue weighted by molar-refractivity contribution is 0.563. The van der Waals surface area contributed by atoms with Gasteiger partial charge in [-0.2, -0.15) is 0 Å². The fourth-order valence-electron chi connectivity index (χ4n) is 0.539. The number of nitrogens with two attached hydrogens (primary N) is 1. The Balaban J connectivity index is 3.77. The standard InChI is InChI=1S/C8H16N2/c1-4-5-8(9)6-7-10(2)3/h5-7H,4,9H2,1-3H3/b7-6-,8-5+. The van der Waals surface area contributed by atoms with E-state index in [9.17, 15) is 0 Å². The van der Waals surface area contributed by atoms with E-state index in [0.717, 1.165) is 12.1 Å². The van der Waals surface area contributed by atoms with Crippen LogP contribution in [0.5, 0.6) is 0 Å². The second-order valence-electron chi connectivity index (χ2n) is 2.39. The summed E-state index contributed by atoms with van der Waals surface area (Å²) >= 11 is 0. The molecule has 0 unspecified atom stereocenters. The van der Waals surface area contributed by atoms with Crippen LogP contribution in [-0.2, 0) is 0 Å². The van der Waals surface area contributed by atoms with Crippen LogP contribution in [-0.4, -0.2) is 19.0 Å². The first-order valence-corrected chi connectivity index (χ1v) is 3.47. The Morgan fingerprint density at radius 2 is 2.10 bits per heavy atom. The monoisotopic (exact) mass is 140 g/mol. The molecule has 0 aliphatic rings. The van der Waals surface area contributed by atoms with Crippen LogP contribution in [0.15, 0.2) is 24.0 Å². The quantitative estimate of drug-likeness (QED) is 0.599. The number of rotatable bonds is 3. The summed E-state index contributed by atoms with van der Waals surface area (Å²) in [7, 11) is 3.94. The Bertz CT molecular complexity index is 134. The van der Waals surface area contributed by atoms with Gasteiger partial charge in [-0.05, 0) is 12.5 Å². The molecular weight excluding hydrogens is 124 g/mol. The molecule has 2 heteroatoms. The third-order valence-corrected chi connectivity index (χ3v) is 1.00. The van der Waals surface area contributed by atoms with Gasteiger partial charge in [-0.25, -0.2) is 0 Å². The highest BCUT2D eigenvalue weighted by molar-refractivity contribution is 5.13. The average molecular weight is 140 g/mol. The average Bonchev–Trinajstić information content (AvgIpc) is 1.85. The van der Waals surface area contributed by atoms with Crippen molar-refractivity contribution in [3.63, 3.8) is 0 Å². The molecule has 2 N–H and O–H groups in total. The SMILES string of the molecule is CC/C=C(N)\C=C/N(C)C. The van der Waals surface area contributed by atoms with E-state index in [0.29, 0.717) is 0 Å². The second-order valence-corrected chi connectivity index (χ2v) is 2.39. The Hall–Kier alpha value is -0.920. The molecule has 2 nitrogen and oxygen atoms in total. The third-order valence-electron chi connectivity index (χ3n) is 1.00. The molecule has 0 bridgehead atoms. The largest absolute Gasteiger partial charge is 0.399 e. The van der Waals surface area contributed by atoms with Gasteiger partial charge in [0.1, 0.15) is 0 Å². The highest BCUT2D eigenvalue weighted by Crippen LogP contribution is 1.90. The van der Waals surface area contributed by atoms with Gasteiger partial charge in [0.05, 0.1) is 0 Å². The Morgan fingerprint density at radius 3 is 2.50 bits per heavy atom. The summed E-state index contributed by atoms with van der Waals surface area (Å²) < 4.78 is 0. The minimum Gasteiger partial charge on any atom is -0.399 e. The summed E-state index contributed by atoms with van der Waals surface area (Å²) in [6.07, 6.45) is 6.80. The van der Waals surface area contributed by atoms with Crippen molar-refractivity contribution in [2.24, 2.45) is 5.73 Å². The van der Waals surface area contributed by atoms with E-state index in [1.165, 1.54) is 0 Å². The molecule has 0 aromatic rings. The van der Waals surface area contributed by atoms with Crippen molar-refractivity contribution in [3.8, 4) is 0 Å². The molecular formula is C8H16N2. The van der Waals surface area contributed by atoms with Crippen molar-refractivity contribution >= 4 is 0 Å². The lowest BCUT2D eigenvalue weighted by atomic mass is 10.3. The van der Waals surface area contributed by atoms with E-state index in [-0.39, 0.29) is 0 Å². The number of nitrogens with zero attached hydrogens (tertiary/aromatic N) is 1. The number of hydrogen-bond donors (Lipinski definition) is 1. The van der Waals surface area contributed by atoms with E-state index in [4.69, 9.17) is 5.73 Å². The predicted molar refractivity (Wildman–Crippen MR) is 45.4 cm³/mol. The lowest BCUT2D eigenvalue weighted by Gasteiger charge is -2.02. The van der Waals surface area contributed by atoms with Crippen molar-refractivity contribution < 1.29 is 0 Å². The first-order chi connectivity index (χ1) is 4.66. The second kappa shape index (κ2) is 4.91. The molecule has 0 rings (SSSR count). The van der Waals surface area contributed by atoms with Crippen molar-refractivity contribution in [1.82, 2.24) is 4.90 Å². The molecule has 58 valence electrons. The van der Waals surface area contributed by atoms with Gasteiger partial charge < -0.3 is 10.6 Å². The van der Waals surface area contributed by atoms with Gasteiger partial charge in [0.15, 0.2) is 0 Å². The molecule has 0 aliphatic heterocycles. The molecule has 0 saturated carbocycles. The molecule has 0 aliphatic carbocycles. The number of hydrogen-bond acceptors (Lipinski definition) is 2. The van der Waals surface area contributed by atoms with Gasteiger partial charge in [-0.1, -0.05) is 13.0 Å². The first-order valence-electron chi connectivity index (χ1n) is 3.47. The fourth-order valence-corrected chi connectivity index (χ4v) is 0.539. The predicted octanol–water partition coefficient (Wildman–Crippen LogP) is 1.31. The molecule has 0 aromatic carbocycles. The highest BCUT2D eigenvalue weighted by Gasteiger charge is 1.79. The minimum absolute atomic E-state index is 0.830. The fraction of sp³-hybridized carbons (Fsp3) is 0.500. The Labute approximate surface area is 63.0 Å². The molecule has 0 heterocycles. The maximum absolute atomic E-state index is 5.58. The maximum atomic E-state index is 5.58. The topological polar surface area (TPSA) is 29.3 Å². The van der Waals surface area contributed by atoms with Crippen LogP contribution in [0.3, 0.4) is 0 Å². The van der Waals surface area contributed by atoms with Crippen molar-refractivity contribution in [1.29, 1.82) is 0 Å². The summed E-state index contributed by atoms with van der Waals surface area (Å²) in [6.45, 7) is 2.07. The Morgan fingerprint density at radius 1 is 1.50 bits per heavy atom. The summed E-state index contributed by atoms with van der Waals surface area (Å²) in [5, 5.41) is 0. The summed E-state index contributed by atoms with van der Waals surface area (Å²) in [4.78, 5) is 1.95. The van der Waals surface area contributed by atoms with Gasteiger partial charge >= 0.3 is 0 Å². The summed E-state index contributed by atoms with van der Waals surface area (Å²) in [6, 6.07) is 0. The summed E-state index contributed by atoms with van der Waals surface area (Å²) in [5.74, 6) is 0. The Kier molecular flexibility index (Phi) is 4.46. The third kappa shape index (κ3) is 5.22. The van der Waals surface area contributed by atoms with Gasteiger partial charge in [-0.15, -0.1) is 0 Å². The minimum atomic E-state index is 0.830. The summed E-state index contributed by atoms with van der Waals surface area (Å²) in [5.41, 5.74) is 6.41. The van der Waals surface area contributed by atoms with Crippen molar-refractivity contribution in [2.75, 3.05) is 14.1 Å². The molecule has 0 fully saturated rings. The zero-order valence-corrected chi connectivity index (χ0v) is 6.96. The van der Waals surface area contributed by atoms with Crippen LogP contribution in [0.2, 0.25) is 0 Å². The van der Waals surface area contributed by atoms with Crippen LogP contribution in [0.1, 0.15) is 13.3 Å². The van der Waals surface area contributed by atoms with E-state index in [1.807, 2.05) is 37.3 Å². The van der Waals surface area contributed by atoms with Gasteiger partial charge in [0.2, 0.25) is 0 Å². The maximum Gasteiger partial charge on any atom is 0.0287 e. The lowest BCUT2D eigenvalue weighted by Crippen LogP contribution is -2.02. The molecule has 0 atom stereocenters. The van der Waals surface area contributed by atoms with E-state index in [2.05, 4.69) is 6.92 Å². The molecule has 0 aromatic heterocycles. The zero-order valence-electron chi connectivity index (χ0n) is 6.96. The first kappa shape index (κ1) is 9.08. The zero-order chi connectivity index (χ0) is 7.98. The number of allylic oxidation sites excluding steroid dienone is 2. The molecule has 0 radical (unpaired) electrons. The van der Waals surface area contributed by atoms with Gasteiger partial charge in [0, 0.05) is 26.0 Å². The van der Waals surface area contributed by atoms with Crippen LogP contribution in [0, 0.1) is 0 Å². The molecule has 0 amide bonds.